The number of aromatic nitrogens is 1. The van der Waals surface area contributed by atoms with Crippen LogP contribution in [0.4, 0.5) is 5.69 Å². The highest BCUT2D eigenvalue weighted by molar-refractivity contribution is 7.89. The zero-order valence-electron chi connectivity index (χ0n) is 14.7. The van der Waals surface area contributed by atoms with Crippen molar-refractivity contribution in [2.45, 2.75) is 25.3 Å². The van der Waals surface area contributed by atoms with E-state index in [-0.39, 0.29) is 17.3 Å². The van der Waals surface area contributed by atoms with Gasteiger partial charge in [-0.2, -0.15) is 4.31 Å². The molecule has 0 spiro atoms. The predicted octanol–water partition coefficient (Wildman–Crippen LogP) is 3.38. The molecule has 0 aliphatic carbocycles. The molecule has 0 aliphatic rings. The van der Waals surface area contributed by atoms with E-state index < -0.39 is 10.0 Å². The number of hydrogen-bond donors (Lipinski definition) is 1. The molecule has 0 atom stereocenters. The average Bonchev–Trinajstić information content (AvgIpc) is 2.98. The average molecular weight is 390 g/mol. The lowest BCUT2D eigenvalue weighted by molar-refractivity contribution is -0.114. The Morgan fingerprint density at radius 1 is 1.23 bits per heavy atom. The van der Waals surface area contributed by atoms with E-state index in [9.17, 15) is 13.2 Å². The molecule has 3 aromatic rings. The van der Waals surface area contributed by atoms with Crippen molar-refractivity contribution in [1.29, 1.82) is 0 Å². The van der Waals surface area contributed by atoms with Gasteiger partial charge >= 0.3 is 0 Å². The van der Waals surface area contributed by atoms with Gasteiger partial charge in [0.15, 0.2) is 0 Å². The summed E-state index contributed by atoms with van der Waals surface area (Å²) in [5.74, 6) is -0.250. The van der Waals surface area contributed by atoms with Crippen molar-refractivity contribution in [1.82, 2.24) is 9.29 Å². The standard InChI is InChI=1S/C18H19N3O3S2/c1-12-8-9-14(19-13(2)22)10-17(12)26(23,24)21(3)11-18-20-15-6-4-5-7-16(15)25-18/h4-10H,11H2,1-3H3,(H,19,22). The number of carbonyl (C=O) groups excluding carboxylic acids is 1. The highest BCUT2D eigenvalue weighted by Crippen LogP contribution is 2.27. The van der Waals surface area contributed by atoms with Crippen molar-refractivity contribution < 1.29 is 13.2 Å². The molecule has 1 aromatic heterocycles. The van der Waals surface area contributed by atoms with E-state index in [0.717, 1.165) is 15.2 Å². The number of nitrogens with one attached hydrogen (secondary N) is 1. The molecule has 3 rings (SSSR count). The fourth-order valence-electron chi connectivity index (χ4n) is 2.59. The first-order valence-electron chi connectivity index (χ1n) is 7.96. The lowest BCUT2D eigenvalue weighted by atomic mass is 10.2. The summed E-state index contributed by atoms with van der Waals surface area (Å²) < 4.78 is 28.3. The van der Waals surface area contributed by atoms with E-state index in [2.05, 4.69) is 10.3 Å². The number of para-hydroxylation sites is 1. The van der Waals surface area contributed by atoms with Gasteiger partial charge in [0.1, 0.15) is 5.01 Å². The molecule has 0 saturated heterocycles. The van der Waals surface area contributed by atoms with Gasteiger partial charge in [-0.05, 0) is 36.8 Å². The van der Waals surface area contributed by atoms with E-state index >= 15 is 0 Å². The van der Waals surface area contributed by atoms with Crippen molar-refractivity contribution in [2.75, 3.05) is 12.4 Å². The van der Waals surface area contributed by atoms with Gasteiger partial charge in [0, 0.05) is 19.7 Å². The molecule has 0 bridgehead atoms. The van der Waals surface area contributed by atoms with E-state index in [1.165, 1.54) is 35.7 Å². The topological polar surface area (TPSA) is 79.4 Å². The molecule has 0 saturated carbocycles. The summed E-state index contributed by atoms with van der Waals surface area (Å²) in [7, 11) is -2.18. The number of nitrogens with zero attached hydrogens (tertiary/aromatic N) is 2. The van der Waals surface area contributed by atoms with E-state index in [1.807, 2.05) is 24.3 Å². The highest BCUT2D eigenvalue weighted by atomic mass is 32.2. The fraction of sp³-hybridized carbons (Fsp3) is 0.222. The van der Waals surface area contributed by atoms with E-state index in [4.69, 9.17) is 0 Å². The predicted molar refractivity (Wildman–Crippen MR) is 104 cm³/mol. The molecule has 0 aliphatic heterocycles. The number of hydrogen-bond acceptors (Lipinski definition) is 5. The van der Waals surface area contributed by atoms with Crippen molar-refractivity contribution in [3.8, 4) is 0 Å². The van der Waals surface area contributed by atoms with Gasteiger partial charge in [-0.25, -0.2) is 13.4 Å². The summed E-state index contributed by atoms with van der Waals surface area (Å²) in [6.07, 6.45) is 0. The van der Waals surface area contributed by atoms with Crippen LogP contribution in [-0.4, -0.2) is 30.7 Å². The van der Waals surface area contributed by atoms with Crippen LogP contribution >= 0.6 is 11.3 Å². The summed E-state index contributed by atoms with van der Waals surface area (Å²) >= 11 is 1.48. The molecule has 2 aromatic carbocycles. The number of amides is 1. The van der Waals surface area contributed by atoms with Crippen LogP contribution in [0.2, 0.25) is 0 Å². The summed E-state index contributed by atoms with van der Waals surface area (Å²) in [5.41, 5.74) is 1.94. The first kappa shape index (κ1) is 18.5. The second-order valence-electron chi connectivity index (χ2n) is 6.00. The number of aryl methyl sites for hydroxylation is 1. The lowest BCUT2D eigenvalue weighted by Crippen LogP contribution is -2.27. The number of benzene rings is 2. The van der Waals surface area contributed by atoms with Crippen LogP contribution in [0.5, 0.6) is 0 Å². The van der Waals surface area contributed by atoms with Crippen LogP contribution in [-0.2, 0) is 21.4 Å². The summed E-state index contributed by atoms with van der Waals surface area (Å²) in [6.45, 7) is 3.30. The van der Waals surface area contributed by atoms with Crippen LogP contribution in [0.1, 0.15) is 17.5 Å². The van der Waals surface area contributed by atoms with Gasteiger partial charge in [0.05, 0.1) is 21.7 Å². The fourth-order valence-corrected chi connectivity index (χ4v) is 5.07. The first-order valence-corrected chi connectivity index (χ1v) is 10.2. The minimum atomic E-state index is -3.71. The van der Waals surface area contributed by atoms with Gasteiger partial charge in [-0.3, -0.25) is 4.79 Å². The molecular formula is C18H19N3O3S2. The maximum atomic E-state index is 13.0. The maximum Gasteiger partial charge on any atom is 0.243 e. The minimum absolute atomic E-state index is 0.173. The van der Waals surface area contributed by atoms with Gasteiger partial charge < -0.3 is 5.32 Å². The minimum Gasteiger partial charge on any atom is -0.326 e. The molecule has 0 radical (unpaired) electrons. The van der Waals surface area contributed by atoms with Crippen molar-refractivity contribution >= 4 is 43.2 Å². The van der Waals surface area contributed by atoms with Crippen LogP contribution in [0.25, 0.3) is 10.2 Å². The number of anilines is 1. The Bertz CT molecular complexity index is 1040. The molecule has 6 nitrogen and oxygen atoms in total. The third-order valence-electron chi connectivity index (χ3n) is 3.89. The normalized spacial score (nSPS) is 11.8. The highest BCUT2D eigenvalue weighted by Gasteiger charge is 2.24. The molecular weight excluding hydrogens is 370 g/mol. The SMILES string of the molecule is CC(=O)Nc1ccc(C)c(S(=O)(=O)N(C)Cc2nc3ccccc3s2)c1. The number of sulfonamides is 1. The lowest BCUT2D eigenvalue weighted by Gasteiger charge is -2.18. The summed E-state index contributed by atoms with van der Waals surface area (Å²) in [4.78, 5) is 15.9. The molecule has 26 heavy (non-hydrogen) atoms. The molecule has 0 unspecified atom stereocenters. The number of rotatable bonds is 5. The second kappa shape index (κ2) is 7.14. The zero-order chi connectivity index (χ0) is 18.9. The van der Waals surface area contributed by atoms with Crippen LogP contribution in [0.3, 0.4) is 0 Å². The van der Waals surface area contributed by atoms with Crippen LogP contribution in [0.15, 0.2) is 47.4 Å². The molecule has 8 heteroatoms. The number of thiazole rings is 1. The van der Waals surface area contributed by atoms with E-state index in [1.54, 1.807) is 19.1 Å². The smallest absolute Gasteiger partial charge is 0.243 e. The quantitative estimate of drug-likeness (QED) is 0.725. The van der Waals surface area contributed by atoms with Crippen molar-refractivity contribution in [3.05, 3.63) is 53.0 Å². The van der Waals surface area contributed by atoms with Crippen molar-refractivity contribution in [2.24, 2.45) is 0 Å². The monoisotopic (exact) mass is 389 g/mol. The summed E-state index contributed by atoms with van der Waals surface area (Å²) in [6, 6.07) is 12.6. The Hall–Kier alpha value is -2.29. The third kappa shape index (κ3) is 3.77. The zero-order valence-corrected chi connectivity index (χ0v) is 16.3. The van der Waals surface area contributed by atoms with Crippen molar-refractivity contribution in [3.63, 3.8) is 0 Å². The Morgan fingerprint density at radius 2 is 1.96 bits per heavy atom. The van der Waals surface area contributed by atoms with Gasteiger partial charge in [-0.15, -0.1) is 11.3 Å². The van der Waals surface area contributed by atoms with E-state index in [0.29, 0.717) is 11.3 Å². The third-order valence-corrected chi connectivity index (χ3v) is 6.86. The largest absolute Gasteiger partial charge is 0.326 e. The Kier molecular flexibility index (Phi) is 5.08. The van der Waals surface area contributed by atoms with Crippen LogP contribution < -0.4 is 5.32 Å². The second-order valence-corrected chi connectivity index (χ2v) is 9.13. The number of carbonyl (C=O) groups is 1. The Balaban J connectivity index is 1.90. The van der Waals surface area contributed by atoms with Gasteiger partial charge in [-0.1, -0.05) is 18.2 Å². The van der Waals surface area contributed by atoms with Crippen LogP contribution in [0, 0.1) is 6.92 Å². The molecule has 1 amide bonds. The molecule has 1 heterocycles. The van der Waals surface area contributed by atoms with Gasteiger partial charge in [0.2, 0.25) is 15.9 Å². The maximum absolute atomic E-state index is 13.0. The Labute approximate surface area is 156 Å². The molecule has 136 valence electrons. The van der Waals surface area contributed by atoms with Gasteiger partial charge in [0.25, 0.3) is 0 Å². The molecule has 0 fully saturated rings. The molecule has 1 N–H and O–H groups in total. The Morgan fingerprint density at radius 3 is 2.65 bits per heavy atom. The summed E-state index contributed by atoms with van der Waals surface area (Å²) in [5, 5.41) is 3.35. The first-order chi connectivity index (χ1) is 12.3. The number of fused-ring (bicyclic) bond motifs is 1.